The van der Waals surface area contributed by atoms with Crippen LogP contribution in [0.15, 0.2) is 22.7 Å². The molecular formula is C18H22N4O4. The molecule has 26 heavy (non-hydrogen) atoms. The number of likely N-dealkylation sites (tertiary alicyclic amines) is 1. The van der Waals surface area contributed by atoms with Crippen molar-refractivity contribution < 1.29 is 18.7 Å². The zero-order valence-electron chi connectivity index (χ0n) is 14.8. The number of ether oxygens (including phenoxy) is 2. The van der Waals surface area contributed by atoms with E-state index in [4.69, 9.17) is 13.9 Å². The van der Waals surface area contributed by atoms with Crippen LogP contribution in [0.2, 0.25) is 0 Å². The monoisotopic (exact) mass is 358 g/mol. The van der Waals surface area contributed by atoms with Crippen LogP contribution in [0.25, 0.3) is 0 Å². The Balaban J connectivity index is 1.59. The minimum Gasteiger partial charge on any atom is -0.480 e. The third kappa shape index (κ3) is 3.16. The van der Waals surface area contributed by atoms with Crippen molar-refractivity contribution in [3.63, 3.8) is 0 Å². The van der Waals surface area contributed by atoms with Gasteiger partial charge in [0.15, 0.2) is 0 Å². The maximum Gasteiger partial charge on any atom is 0.260 e. The molecule has 0 aromatic carbocycles. The van der Waals surface area contributed by atoms with Crippen LogP contribution < -0.4 is 4.74 Å². The summed E-state index contributed by atoms with van der Waals surface area (Å²) in [5.41, 5.74) is 0.445. The zero-order valence-corrected chi connectivity index (χ0v) is 14.8. The van der Waals surface area contributed by atoms with Crippen LogP contribution >= 0.6 is 0 Å². The summed E-state index contributed by atoms with van der Waals surface area (Å²) in [4.78, 5) is 19.0. The Kier molecular flexibility index (Phi) is 4.83. The van der Waals surface area contributed by atoms with E-state index in [-0.39, 0.29) is 18.1 Å². The van der Waals surface area contributed by atoms with Crippen LogP contribution in [-0.2, 0) is 4.74 Å². The Morgan fingerprint density at radius 3 is 2.92 bits per heavy atom. The molecule has 2 aromatic heterocycles. The molecule has 2 atom stereocenters. The standard InChI is InChI=1S/C18H22N4O4/c1-24-15-12(6-4-9-19-15)18(23)22-10-3-2-7-13(22)16-20-21-17(26-16)14-8-5-11-25-14/h4,6,9,13-14H,2-3,5,7-8,10-11H2,1H3/t13?,14-/m1/s1. The third-order valence-electron chi connectivity index (χ3n) is 4.91. The minimum atomic E-state index is -0.233. The van der Waals surface area contributed by atoms with Gasteiger partial charge in [-0.2, -0.15) is 0 Å². The predicted molar refractivity (Wildman–Crippen MR) is 90.6 cm³/mol. The molecule has 0 bridgehead atoms. The number of hydrogen-bond acceptors (Lipinski definition) is 7. The molecule has 8 heteroatoms. The first kappa shape index (κ1) is 17.0. The van der Waals surface area contributed by atoms with Crippen LogP contribution in [0.4, 0.5) is 0 Å². The van der Waals surface area contributed by atoms with Gasteiger partial charge in [0.2, 0.25) is 17.7 Å². The molecule has 138 valence electrons. The van der Waals surface area contributed by atoms with Crippen molar-refractivity contribution in [1.29, 1.82) is 0 Å². The summed E-state index contributed by atoms with van der Waals surface area (Å²) < 4.78 is 16.7. The Morgan fingerprint density at radius 1 is 1.23 bits per heavy atom. The van der Waals surface area contributed by atoms with Crippen LogP contribution in [0.3, 0.4) is 0 Å². The molecule has 0 N–H and O–H groups in total. The fraction of sp³-hybridized carbons (Fsp3) is 0.556. The highest BCUT2D eigenvalue weighted by Crippen LogP contribution is 2.34. The first-order chi connectivity index (χ1) is 12.8. The number of piperidine rings is 1. The lowest BCUT2D eigenvalue weighted by molar-refractivity contribution is 0.0546. The van der Waals surface area contributed by atoms with Gasteiger partial charge in [0, 0.05) is 19.3 Å². The SMILES string of the molecule is COc1ncccc1C(=O)N1CCCCC1c1nnc([C@H]2CCCO2)o1. The smallest absolute Gasteiger partial charge is 0.260 e. The molecule has 0 saturated carbocycles. The maximum atomic E-state index is 13.1. The minimum absolute atomic E-state index is 0.123. The van der Waals surface area contributed by atoms with Crippen molar-refractivity contribution in [2.24, 2.45) is 0 Å². The van der Waals surface area contributed by atoms with E-state index in [9.17, 15) is 4.79 Å². The lowest BCUT2D eigenvalue weighted by atomic mass is 10.0. The van der Waals surface area contributed by atoms with Gasteiger partial charge in [-0.05, 0) is 44.2 Å². The van der Waals surface area contributed by atoms with Crippen molar-refractivity contribution in [2.45, 2.75) is 44.2 Å². The number of amides is 1. The molecule has 2 saturated heterocycles. The highest BCUT2D eigenvalue weighted by molar-refractivity contribution is 5.96. The van der Waals surface area contributed by atoms with Gasteiger partial charge in [-0.3, -0.25) is 4.79 Å². The number of aromatic nitrogens is 3. The molecule has 2 aliphatic rings. The van der Waals surface area contributed by atoms with Gasteiger partial charge in [0.25, 0.3) is 5.91 Å². The number of methoxy groups -OCH3 is 1. The van der Waals surface area contributed by atoms with Gasteiger partial charge in [-0.15, -0.1) is 10.2 Å². The molecule has 8 nitrogen and oxygen atoms in total. The Labute approximate surface area is 151 Å². The number of hydrogen-bond donors (Lipinski definition) is 0. The summed E-state index contributed by atoms with van der Waals surface area (Å²) in [5, 5.41) is 8.37. The van der Waals surface area contributed by atoms with E-state index in [1.54, 1.807) is 23.2 Å². The van der Waals surface area contributed by atoms with E-state index in [0.29, 0.717) is 29.8 Å². The lowest BCUT2D eigenvalue weighted by Crippen LogP contribution is -2.39. The van der Waals surface area contributed by atoms with Crippen molar-refractivity contribution in [3.05, 3.63) is 35.7 Å². The van der Waals surface area contributed by atoms with E-state index in [1.807, 2.05) is 0 Å². The van der Waals surface area contributed by atoms with Gasteiger partial charge in [-0.25, -0.2) is 4.98 Å². The number of nitrogens with zero attached hydrogens (tertiary/aromatic N) is 4. The summed E-state index contributed by atoms with van der Waals surface area (Å²) in [7, 11) is 1.51. The number of carbonyl (C=O) groups is 1. The van der Waals surface area contributed by atoms with Crippen LogP contribution in [-0.4, -0.2) is 46.2 Å². The van der Waals surface area contributed by atoms with Crippen LogP contribution in [0.1, 0.15) is 66.4 Å². The maximum absolute atomic E-state index is 13.1. The van der Waals surface area contributed by atoms with Crippen molar-refractivity contribution >= 4 is 5.91 Å². The fourth-order valence-electron chi connectivity index (χ4n) is 3.59. The van der Waals surface area contributed by atoms with Gasteiger partial charge in [0.05, 0.1) is 7.11 Å². The fourth-order valence-corrected chi connectivity index (χ4v) is 3.59. The average Bonchev–Trinajstić information content (AvgIpc) is 3.39. The zero-order chi connectivity index (χ0) is 17.9. The number of rotatable bonds is 4. The van der Waals surface area contributed by atoms with E-state index < -0.39 is 0 Å². The molecule has 0 radical (unpaired) electrons. The molecule has 1 unspecified atom stereocenters. The topological polar surface area (TPSA) is 90.6 Å². The summed E-state index contributed by atoms with van der Waals surface area (Å²) in [6.07, 6.45) is 6.12. The molecule has 4 rings (SSSR count). The van der Waals surface area contributed by atoms with Crippen LogP contribution in [0.5, 0.6) is 5.88 Å². The molecule has 2 aromatic rings. The van der Waals surface area contributed by atoms with Gasteiger partial charge >= 0.3 is 0 Å². The summed E-state index contributed by atoms with van der Waals surface area (Å²) in [5.74, 6) is 1.18. The molecule has 2 aliphatic heterocycles. The molecule has 4 heterocycles. The molecule has 0 aliphatic carbocycles. The number of carbonyl (C=O) groups excluding carboxylic acids is 1. The van der Waals surface area contributed by atoms with Crippen molar-refractivity contribution in [2.75, 3.05) is 20.3 Å². The van der Waals surface area contributed by atoms with Gasteiger partial charge in [-0.1, -0.05) is 0 Å². The van der Waals surface area contributed by atoms with Crippen molar-refractivity contribution in [3.8, 4) is 5.88 Å². The largest absolute Gasteiger partial charge is 0.480 e. The van der Waals surface area contributed by atoms with Gasteiger partial charge in [0.1, 0.15) is 17.7 Å². The van der Waals surface area contributed by atoms with E-state index >= 15 is 0 Å². The Hall–Kier alpha value is -2.48. The highest BCUT2D eigenvalue weighted by atomic mass is 16.5. The van der Waals surface area contributed by atoms with E-state index in [0.717, 1.165) is 38.7 Å². The third-order valence-corrected chi connectivity index (χ3v) is 4.91. The van der Waals surface area contributed by atoms with Gasteiger partial charge < -0.3 is 18.8 Å². The van der Waals surface area contributed by atoms with E-state index in [1.165, 1.54) is 7.11 Å². The summed E-state index contributed by atoms with van der Waals surface area (Å²) in [6.45, 7) is 1.36. The van der Waals surface area contributed by atoms with Crippen molar-refractivity contribution in [1.82, 2.24) is 20.1 Å². The first-order valence-electron chi connectivity index (χ1n) is 9.03. The lowest BCUT2D eigenvalue weighted by Gasteiger charge is -2.33. The molecule has 0 spiro atoms. The molecule has 2 fully saturated rings. The van der Waals surface area contributed by atoms with E-state index in [2.05, 4.69) is 15.2 Å². The second-order valence-electron chi connectivity index (χ2n) is 6.55. The highest BCUT2D eigenvalue weighted by Gasteiger charge is 2.35. The Morgan fingerprint density at radius 2 is 2.12 bits per heavy atom. The second kappa shape index (κ2) is 7.41. The summed E-state index contributed by atoms with van der Waals surface area (Å²) in [6, 6.07) is 3.23. The number of pyridine rings is 1. The predicted octanol–water partition coefficient (Wildman–Crippen LogP) is 2.69. The first-order valence-corrected chi connectivity index (χ1v) is 9.03. The van der Waals surface area contributed by atoms with Crippen LogP contribution in [0, 0.1) is 0 Å². The Bertz CT molecular complexity index is 772. The normalized spacial score (nSPS) is 23.2. The molecule has 1 amide bonds. The quantitative estimate of drug-likeness (QED) is 0.830. The second-order valence-corrected chi connectivity index (χ2v) is 6.55. The summed E-state index contributed by atoms with van der Waals surface area (Å²) >= 11 is 0. The average molecular weight is 358 g/mol. The molecular weight excluding hydrogens is 336 g/mol.